The third kappa shape index (κ3) is 1.49. The maximum atomic E-state index is 12.1. The fourth-order valence-corrected chi connectivity index (χ4v) is 4.72. The number of carbonyl (C=O) groups is 1. The van der Waals surface area contributed by atoms with E-state index in [1.165, 1.54) is 45.2 Å². The number of carbonyl (C=O) groups excluding carboxylic acids is 1. The van der Waals surface area contributed by atoms with Gasteiger partial charge in [-0.1, -0.05) is 0 Å². The summed E-state index contributed by atoms with van der Waals surface area (Å²) >= 11 is 0. The SMILES string of the molecule is O=C1CCC[C@H]2[C@@H]3CCCN4CCCC(=CN12)[C@H]34. The fraction of sp³-hybridized carbons (Fsp3) is 0.800. The number of fused-ring (bicyclic) bond motifs is 2. The summed E-state index contributed by atoms with van der Waals surface area (Å²) in [5, 5.41) is 0. The Kier molecular flexibility index (Phi) is 2.51. The van der Waals surface area contributed by atoms with E-state index < -0.39 is 0 Å². The Labute approximate surface area is 109 Å². The molecule has 3 nitrogen and oxygen atoms in total. The molecule has 4 rings (SSSR count). The van der Waals surface area contributed by atoms with Crippen molar-refractivity contribution in [2.75, 3.05) is 13.1 Å². The van der Waals surface area contributed by atoms with Gasteiger partial charge < -0.3 is 4.90 Å². The smallest absolute Gasteiger partial charge is 0.226 e. The van der Waals surface area contributed by atoms with Crippen LogP contribution in [0.1, 0.15) is 44.9 Å². The lowest BCUT2D eigenvalue weighted by atomic mass is 9.72. The normalized spacial score (nSPS) is 40.0. The highest BCUT2D eigenvalue weighted by molar-refractivity contribution is 5.78. The second-order valence-corrected chi connectivity index (χ2v) is 6.36. The molecule has 0 N–H and O–H groups in total. The molecule has 0 spiro atoms. The molecule has 0 saturated carbocycles. The van der Waals surface area contributed by atoms with Crippen LogP contribution < -0.4 is 0 Å². The lowest BCUT2D eigenvalue weighted by Crippen LogP contribution is -2.60. The molecule has 18 heavy (non-hydrogen) atoms. The molecule has 3 atom stereocenters. The zero-order valence-corrected chi connectivity index (χ0v) is 11.0. The van der Waals surface area contributed by atoms with Crippen LogP contribution in [0, 0.1) is 5.92 Å². The van der Waals surface area contributed by atoms with Crippen LogP contribution in [0.4, 0.5) is 0 Å². The summed E-state index contributed by atoms with van der Waals surface area (Å²) in [7, 11) is 0. The van der Waals surface area contributed by atoms with Gasteiger partial charge in [0.1, 0.15) is 0 Å². The zero-order chi connectivity index (χ0) is 12.1. The molecule has 4 aliphatic heterocycles. The maximum Gasteiger partial charge on any atom is 0.226 e. The van der Waals surface area contributed by atoms with Gasteiger partial charge in [-0.05, 0) is 63.1 Å². The van der Waals surface area contributed by atoms with E-state index in [1.54, 1.807) is 5.57 Å². The van der Waals surface area contributed by atoms with Crippen molar-refractivity contribution in [3.8, 4) is 0 Å². The molecule has 0 aliphatic carbocycles. The molecule has 98 valence electrons. The Hall–Kier alpha value is -0.830. The van der Waals surface area contributed by atoms with Crippen LogP contribution in [0.25, 0.3) is 0 Å². The number of amides is 1. The first kappa shape index (κ1) is 11.0. The minimum Gasteiger partial charge on any atom is -0.316 e. The van der Waals surface area contributed by atoms with Crippen molar-refractivity contribution in [1.82, 2.24) is 9.80 Å². The van der Waals surface area contributed by atoms with Crippen molar-refractivity contribution in [2.24, 2.45) is 5.92 Å². The van der Waals surface area contributed by atoms with Gasteiger partial charge in [0.2, 0.25) is 5.91 Å². The lowest BCUT2D eigenvalue weighted by molar-refractivity contribution is -0.136. The van der Waals surface area contributed by atoms with E-state index in [-0.39, 0.29) is 0 Å². The fourth-order valence-electron chi connectivity index (χ4n) is 4.72. The second-order valence-electron chi connectivity index (χ2n) is 6.36. The minimum absolute atomic E-state index is 0.375. The van der Waals surface area contributed by atoms with Crippen LogP contribution >= 0.6 is 0 Å². The van der Waals surface area contributed by atoms with Crippen LogP contribution in [0.2, 0.25) is 0 Å². The topological polar surface area (TPSA) is 23.6 Å². The van der Waals surface area contributed by atoms with E-state index in [9.17, 15) is 4.79 Å². The van der Waals surface area contributed by atoms with E-state index in [1.807, 2.05) is 0 Å². The Morgan fingerprint density at radius 3 is 2.89 bits per heavy atom. The van der Waals surface area contributed by atoms with E-state index in [0.29, 0.717) is 18.0 Å². The minimum atomic E-state index is 0.375. The van der Waals surface area contributed by atoms with E-state index in [0.717, 1.165) is 18.8 Å². The summed E-state index contributed by atoms with van der Waals surface area (Å²) in [6.07, 6.45) is 10.5. The van der Waals surface area contributed by atoms with E-state index in [2.05, 4.69) is 16.0 Å². The quantitative estimate of drug-likeness (QED) is 0.654. The zero-order valence-electron chi connectivity index (χ0n) is 11.0. The van der Waals surface area contributed by atoms with E-state index in [4.69, 9.17) is 0 Å². The molecular weight excluding hydrogens is 224 g/mol. The third-order valence-electron chi connectivity index (χ3n) is 5.41. The summed E-state index contributed by atoms with van der Waals surface area (Å²) in [5.41, 5.74) is 1.55. The molecule has 4 heterocycles. The van der Waals surface area contributed by atoms with Crippen molar-refractivity contribution in [1.29, 1.82) is 0 Å². The average molecular weight is 246 g/mol. The largest absolute Gasteiger partial charge is 0.316 e. The number of nitrogens with zero attached hydrogens (tertiary/aromatic N) is 2. The molecule has 0 aromatic carbocycles. The molecule has 3 fully saturated rings. The molecule has 4 aliphatic rings. The van der Waals surface area contributed by atoms with Gasteiger partial charge >= 0.3 is 0 Å². The van der Waals surface area contributed by atoms with Gasteiger partial charge in [-0.25, -0.2) is 0 Å². The summed E-state index contributed by atoms with van der Waals surface area (Å²) < 4.78 is 0. The average Bonchev–Trinajstić information content (AvgIpc) is 2.41. The number of rotatable bonds is 0. The molecule has 0 radical (unpaired) electrons. The van der Waals surface area contributed by atoms with Gasteiger partial charge in [0.05, 0.1) is 0 Å². The summed E-state index contributed by atoms with van der Waals surface area (Å²) in [6, 6.07) is 1.19. The molecule has 0 bridgehead atoms. The first-order valence-corrected chi connectivity index (χ1v) is 7.60. The summed E-state index contributed by atoms with van der Waals surface area (Å²) in [4.78, 5) is 16.9. The molecule has 3 heteroatoms. The van der Waals surface area contributed by atoms with Crippen molar-refractivity contribution in [2.45, 2.75) is 57.0 Å². The Morgan fingerprint density at radius 2 is 1.94 bits per heavy atom. The van der Waals surface area contributed by atoms with E-state index >= 15 is 0 Å². The first-order chi connectivity index (χ1) is 8.84. The number of piperidine rings is 3. The molecule has 3 saturated heterocycles. The summed E-state index contributed by atoms with van der Waals surface area (Å²) in [5.74, 6) is 1.10. The monoisotopic (exact) mass is 246 g/mol. The van der Waals surface area contributed by atoms with Gasteiger partial charge in [0.15, 0.2) is 0 Å². The molecular formula is C15H22N2O. The van der Waals surface area contributed by atoms with Gasteiger partial charge in [-0.15, -0.1) is 0 Å². The highest BCUT2D eigenvalue weighted by Gasteiger charge is 2.46. The van der Waals surface area contributed by atoms with Crippen molar-refractivity contribution in [3.63, 3.8) is 0 Å². The van der Waals surface area contributed by atoms with Crippen LogP contribution in [0.5, 0.6) is 0 Å². The molecule has 1 amide bonds. The Morgan fingerprint density at radius 1 is 1.06 bits per heavy atom. The lowest BCUT2D eigenvalue weighted by Gasteiger charge is -2.54. The van der Waals surface area contributed by atoms with Crippen molar-refractivity contribution < 1.29 is 4.79 Å². The Balaban J connectivity index is 1.74. The highest BCUT2D eigenvalue weighted by Crippen LogP contribution is 2.43. The van der Waals surface area contributed by atoms with Crippen molar-refractivity contribution in [3.05, 3.63) is 11.8 Å². The predicted octanol–water partition coefficient (Wildman–Crippen LogP) is 2.14. The predicted molar refractivity (Wildman–Crippen MR) is 69.9 cm³/mol. The third-order valence-corrected chi connectivity index (χ3v) is 5.41. The van der Waals surface area contributed by atoms with Crippen molar-refractivity contribution >= 4 is 5.91 Å². The van der Waals surface area contributed by atoms with Crippen LogP contribution in [-0.4, -0.2) is 40.9 Å². The molecule has 0 unspecified atom stereocenters. The van der Waals surface area contributed by atoms with Gasteiger partial charge in [0, 0.05) is 24.7 Å². The second kappa shape index (κ2) is 4.09. The van der Waals surface area contributed by atoms with Gasteiger partial charge in [-0.2, -0.15) is 0 Å². The van der Waals surface area contributed by atoms with Crippen LogP contribution in [0.3, 0.4) is 0 Å². The van der Waals surface area contributed by atoms with Crippen LogP contribution in [-0.2, 0) is 4.79 Å². The van der Waals surface area contributed by atoms with Gasteiger partial charge in [-0.3, -0.25) is 9.69 Å². The standard InChI is InChI=1S/C15H22N2O/c18-14-7-1-6-13-12-5-3-9-16-8-2-4-11(15(12)16)10-17(13)14/h10,12-13,15H,1-9H2/t12-,13-,15+/m0/s1. The van der Waals surface area contributed by atoms with Crippen LogP contribution in [0.15, 0.2) is 11.8 Å². The van der Waals surface area contributed by atoms with Gasteiger partial charge in [0.25, 0.3) is 0 Å². The highest BCUT2D eigenvalue weighted by atomic mass is 16.2. The molecule has 0 aromatic rings. The first-order valence-electron chi connectivity index (χ1n) is 7.60. The molecule has 0 aromatic heterocycles. The number of hydrogen-bond acceptors (Lipinski definition) is 2. The maximum absolute atomic E-state index is 12.1. The Bertz CT molecular complexity index is 401. The number of hydrogen-bond donors (Lipinski definition) is 0. The summed E-state index contributed by atoms with van der Waals surface area (Å²) in [6.45, 7) is 2.55.